The van der Waals surface area contributed by atoms with Gasteiger partial charge in [-0.2, -0.15) is 0 Å². The van der Waals surface area contributed by atoms with E-state index in [9.17, 15) is 136 Å². The van der Waals surface area contributed by atoms with Gasteiger partial charge in [0.1, 0.15) is 98.3 Å². The lowest BCUT2D eigenvalue weighted by Gasteiger charge is -2.46. The van der Waals surface area contributed by atoms with E-state index >= 15 is 0 Å². The van der Waals surface area contributed by atoms with Gasteiger partial charge in [-0.05, 0) is 71.8 Å². The summed E-state index contributed by atoms with van der Waals surface area (Å²) in [6, 6.07) is 14.4. The van der Waals surface area contributed by atoms with E-state index in [1.807, 2.05) is 0 Å². The number of phenols is 5. The van der Waals surface area contributed by atoms with Crippen LogP contribution in [0, 0.1) is 5.92 Å². The van der Waals surface area contributed by atoms with Crippen LogP contribution < -0.4 is 14.2 Å². The maximum atomic E-state index is 13.5. The molecule has 4 fully saturated rings. The van der Waals surface area contributed by atoms with Crippen LogP contribution in [0.15, 0.2) is 95.4 Å². The minimum absolute atomic E-state index is 0.0711. The topological polar surface area (TPSA) is 657 Å². The third-order valence-electron chi connectivity index (χ3n) is 16.4. The normalized spacial score (nSPS) is 30.2. The first-order chi connectivity index (χ1) is 49.1. The van der Waals surface area contributed by atoms with Crippen molar-refractivity contribution < 1.29 is 197 Å². The number of aliphatic carboxylic acids is 3. The number of Topliss-reactive ketones (excluding diaryl/α,β-unsaturated/α-hetero) is 1. The number of phenolic OH excluding ortho intramolecular Hbond substituents is 5. The molecule has 0 bridgehead atoms. The second kappa shape index (κ2) is 33.2. The SMILES string of the molecule is O=C(C=Cc1ccc(O)c(O)c1)OC[C@H]1O[C@@H](Oc2ccc3cc(O[C@@H]4O[C@H](COC(=O)C(C(=O)O)C(=O)C(O)C(O)C(=O)O)[C@H](O)[C@H](O)[C@H]4O[C@@H]4O[C@H](CO)[C@@H](O)[C@H](O)[C@H]4OC(=O)C=Cc4ccc(O)c(O)c4)c(-c4ccc(O)c(O[C@@H]5O[C@H](C(=O)O)[C@@H](O)[C@H](O)[C@H]5O)c4)[o+]c3c2)[C@H](O)[C@@H](O)[C@@H]1O. The van der Waals surface area contributed by atoms with Crippen LogP contribution in [0.2, 0.25) is 0 Å². The molecule has 1 aromatic heterocycles. The van der Waals surface area contributed by atoms with Crippen LogP contribution in [0.4, 0.5) is 0 Å². The van der Waals surface area contributed by atoms with Gasteiger partial charge in [-0.3, -0.25) is 14.4 Å². The first kappa shape index (κ1) is 78.1. The highest BCUT2D eigenvalue weighted by Gasteiger charge is 2.55. The average molecular weight is 1480 g/mol. The highest BCUT2D eigenvalue weighted by atomic mass is 16.8. The van der Waals surface area contributed by atoms with Crippen LogP contribution in [-0.4, -0.2) is 304 Å². The summed E-state index contributed by atoms with van der Waals surface area (Å²) in [6.07, 6.45) is -45.7. The fourth-order valence-corrected chi connectivity index (χ4v) is 10.7. The second-order valence-corrected chi connectivity index (χ2v) is 23.5. The largest absolute Gasteiger partial charge is 0.504 e. The van der Waals surface area contributed by atoms with Gasteiger partial charge < -0.3 is 159 Å². The molecule has 4 aliphatic heterocycles. The van der Waals surface area contributed by atoms with Gasteiger partial charge in [0.2, 0.25) is 30.5 Å². The predicted octanol–water partition coefficient (Wildman–Crippen LogP) is -5.48. The number of carboxylic acids is 3. The van der Waals surface area contributed by atoms with Gasteiger partial charge >= 0.3 is 47.2 Å². The van der Waals surface area contributed by atoms with Gasteiger partial charge in [0, 0.05) is 24.3 Å². The molecule has 4 saturated heterocycles. The van der Waals surface area contributed by atoms with E-state index in [2.05, 4.69) is 0 Å². The zero-order valence-corrected chi connectivity index (χ0v) is 52.9. The maximum absolute atomic E-state index is 13.5. The Labute approximate surface area is 580 Å². The van der Waals surface area contributed by atoms with Crippen molar-refractivity contribution in [2.24, 2.45) is 5.92 Å². The lowest BCUT2D eigenvalue weighted by molar-refractivity contribution is -0.358. The molecule has 0 aliphatic carbocycles. The second-order valence-electron chi connectivity index (χ2n) is 23.5. The zero-order chi connectivity index (χ0) is 76.0. The van der Waals surface area contributed by atoms with Crippen molar-refractivity contribution >= 4 is 64.7 Å². The van der Waals surface area contributed by atoms with Gasteiger partial charge in [0.05, 0.1) is 23.6 Å². The summed E-state index contributed by atoms with van der Waals surface area (Å²) in [7, 11) is 0. The number of aromatic hydroxyl groups is 5. The maximum Gasteiger partial charge on any atom is 0.402 e. The quantitative estimate of drug-likeness (QED) is 0.00613. The summed E-state index contributed by atoms with van der Waals surface area (Å²) in [5.74, 6) is -21.4. The molecule has 5 aromatic rings. The molecule has 104 heavy (non-hydrogen) atoms. The number of aliphatic hydroxyl groups excluding tert-OH is 13. The standard InChI is InChI=1S/C64H66O40/c65-18-34-40(73)47(80)55(102-38(72)12-4-22-2-9-27(67)30(70)14-22)64(99-34)104-56-48(81)42(75)36(20-94-60(92)39(57(86)87)43(76)45(78)50(83)58(88)89)101-63(56)98-33-15-23-5-7-25(95-61-51(84)44(77)41(74)35(100-61)19-93-37(71)11-3-21-1-8-26(66)29(69)13-21)17-31(23)96-53(33)24-6-10-28(68)32(16-24)97-62-52(85)46(79)49(82)54(103-62)59(90)91/h1-17,34-36,39-42,44-52,54-56,61-65,73-75,77-85H,18-20H2,(H7-,66,67,68,69,70,71,72,86,87,88,89,90,91)/p+1/t34-,35-,36-,39?,40-,41-,42+,44+,45?,46+,47+,48+,49+,50?,51-,52-,54+,55-,56-,61-,62-,63-,64+/m1/s1. The van der Waals surface area contributed by atoms with E-state index in [-0.39, 0.29) is 33.4 Å². The Hall–Kier alpha value is -10.1. The number of hydrogen-bond donors (Lipinski definition) is 21. The number of carboxylic acid groups (broad SMARTS) is 3. The summed E-state index contributed by atoms with van der Waals surface area (Å²) in [4.78, 5) is 88.2. The molecular formula is C64H67O40+. The van der Waals surface area contributed by atoms with E-state index in [0.29, 0.717) is 0 Å². The van der Waals surface area contributed by atoms with E-state index in [0.717, 1.165) is 72.8 Å². The lowest BCUT2D eigenvalue weighted by Crippen LogP contribution is -2.65. The van der Waals surface area contributed by atoms with Crippen LogP contribution in [0.25, 0.3) is 34.4 Å². The number of fused-ring (bicyclic) bond motifs is 1. The van der Waals surface area contributed by atoms with Gasteiger partial charge in [-0.25, -0.2) is 23.6 Å². The number of esters is 3. The highest BCUT2D eigenvalue weighted by molar-refractivity contribution is 6.16. The van der Waals surface area contributed by atoms with Gasteiger partial charge in [0.15, 0.2) is 77.1 Å². The van der Waals surface area contributed by atoms with Crippen LogP contribution in [-0.2, 0) is 71.5 Å². The highest BCUT2D eigenvalue weighted by Crippen LogP contribution is 2.43. The molecule has 0 saturated carbocycles. The van der Waals surface area contributed by atoms with E-state index in [4.69, 9.17) is 61.6 Å². The minimum Gasteiger partial charge on any atom is -0.504 e. The van der Waals surface area contributed by atoms with Crippen molar-refractivity contribution in [1.82, 2.24) is 0 Å². The molecular weight excluding hydrogens is 1410 g/mol. The molecule has 9 rings (SSSR count). The van der Waals surface area contributed by atoms with Gasteiger partial charge in [-0.15, -0.1) is 0 Å². The Morgan fingerprint density at radius 2 is 1.02 bits per heavy atom. The van der Waals surface area contributed by atoms with Crippen LogP contribution in [0.1, 0.15) is 11.1 Å². The zero-order valence-electron chi connectivity index (χ0n) is 52.9. The van der Waals surface area contributed by atoms with Gasteiger partial charge in [-0.1, -0.05) is 12.1 Å². The fourth-order valence-electron chi connectivity index (χ4n) is 10.7. The number of benzene rings is 4. The van der Waals surface area contributed by atoms with Crippen molar-refractivity contribution in [1.29, 1.82) is 0 Å². The van der Waals surface area contributed by atoms with Crippen LogP contribution in [0.5, 0.6) is 46.0 Å². The molecule has 3 unspecified atom stereocenters. The number of hydrogen-bond acceptors (Lipinski definition) is 36. The molecule has 5 heterocycles. The molecule has 21 N–H and O–H groups in total. The first-order valence-corrected chi connectivity index (χ1v) is 30.6. The van der Waals surface area contributed by atoms with Crippen molar-refractivity contribution in [3.05, 3.63) is 102 Å². The Morgan fingerprint density at radius 1 is 0.481 bits per heavy atom. The van der Waals surface area contributed by atoms with Crippen molar-refractivity contribution in [2.75, 3.05) is 19.8 Å². The molecule has 0 spiro atoms. The summed E-state index contributed by atoms with van der Waals surface area (Å²) < 4.78 is 68.9. The van der Waals surface area contributed by atoms with E-state index in [1.165, 1.54) is 30.3 Å². The van der Waals surface area contributed by atoms with Gasteiger partial charge in [0.25, 0.3) is 0 Å². The monoisotopic (exact) mass is 1480 g/mol. The summed E-state index contributed by atoms with van der Waals surface area (Å²) in [6.45, 7) is -3.33. The Morgan fingerprint density at radius 3 is 1.62 bits per heavy atom. The molecule has 0 amide bonds. The molecule has 23 atom stereocenters. The number of ketones is 1. The molecule has 40 nitrogen and oxygen atoms in total. The number of aliphatic hydroxyl groups is 13. The third-order valence-corrected chi connectivity index (χ3v) is 16.4. The number of rotatable bonds is 26. The molecule has 0 radical (unpaired) electrons. The van der Waals surface area contributed by atoms with Crippen molar-refractivity contribution in [3.63, 3.8) is 0 Å². The third kappa shape index (κ3) is 17.6. The lowest BCUT2D eigenvalue weighted by atomic mass is 9.96. The molecule has 40 heteroatoms. The Kier molecular flexibility index (Phi) is 24.9. The van der Waals surface area contributed by atoms with Crippen molar-refractivity contribution in [3.8, 4) is 57.3 Å². The fraction of sp³-hybridized carbons (Fsp3) is 0.406. The first-order valence-electron chi connectivity index (χ1n) is 30.6. The Bertz CT molecular complexity index is 4030. The summed E-state index contributed by atoms with van der Waals surface area (Å²) >= 11 is 0. The smallest absolute Gasteiger partial charge is 0.402 e. The number of carbonyl (C=O) groups excluding carboxylic acids is 4. The predicted molar refractivity (Wildman–Crippen MR) is 329 cm³/mol. The Balaban J connectivity index is 1.10. The minimum atomic E-state index is -3.10. The van der Waals surface area contributed by atoms with Crippen LogP contribution in [0.3, 0.4) is 0 Å². The molecule has 4 aliphatic rings. The summed E-state index contributed by atoms with van der Waals surface area (Å²) in [5.41, 5.74) is -0.291. The van der Waals surface area contributed by atoms with E-state index < -0.39 is 248 Å². The molecule has 562 valence electrons. The molecule has 4 aromatic carbocycles. The van der Waals surface area contributed by atoms with Crippen molar-refractivity contribution in [2.45, 2.75) is 135 Å². The van der Waals surface area contributed by atoms with Crippen LogP contribution >= 0.6 is 0 Å². The number of carbonyl (C=O) groups is 7. The van der Waals surface area contributed by atoms with E-state index in [1.54, 1.807) is 0 Å². The summed E-state index contributed by atoms with van der Waals surface area (Å²) in [5, 5.41) is 220. The number of ether oxygens (including phenoxy) is 11. The average Bonchev–Trinajstić information content (AvgIpc) is 0.769.